The smallest absolute Gasteiger partial charge is 0.199 e. The Bertz CT molecular complexity index is 333. The summed E-state index contributed by atoms with van der Waals surface area (Å²) in [5, 5.41) is 19.3. The van der Waals surface area contributed by atoms with Crippen molar-refractivity contribution in [3.63, 3.8) is 0 Å². The van der Waals surface area contributed by atoms with Gasteiger partial charge in [0.25, 0.3) is 0 Å². The number of nitrogens with two attached hydrogens (primary N) is 1. The van der Waals surface area contributed by atoms with E-state index in [4.69, 9.17) is 28.2 Å². The van der Waals surface area contributed by atoms with E-state index in [1.54, 1.807) is 0 Å². The van der Waals surface area contributed by atoms with Crippen molar-refractivity contribution in [2.75, 3.05) is 0 Å². The summed E-state index contributed by atoms with van der Waals surface area (Å²) in [6, 6.07) is 0. The van der Waals surface area contributed by atoms with E-state index in [0.717, 1.165) is 5.70 Å². The lowest BCUT2D eigenvalue weighted by atomic mass is 10.0. The number of hydrogen-bond acceptors (Lipinski definition) is 2. The average molecular weight is 228 g/mol. The van der Waals surface area contributed by atoms with E-state index in [2.05, 4.69) is 10.6 Å². The van der Waals surface area contributed by atoms with Crippen LogP contribution in [0.2, 0.25) is 0 Å². The molecule has 0 spiro atoms. The number of allylic oxidation sites excluding steroid dienone is 3. The zero-order chi connectivity index (χ0) is 11.4. The van der Waals surface area contributed by atoms with Crippen molar-refractivity contribution in [3.8, 4) is 0 Å². The molecule has 0 saturated heterocycles. The Morgan fingerprint density at radius 2 is 2.20 bits per heavy atom. The summed E-state index contributed by atoms with van der Waals surface area (Å²) < 4.78 is 0. The van der Waals surface area contributed by atoms with E-state index in [1.165, 1.54) is 0 Å². The van der Waals surface area contributed by atoms with Gasteiger partial charge in [-0.15, -0.1) is 11.6 Å². The number of guanidine groups is 2. The number of alkyl halides is 1. The van der Waals surface area contributed by atoms with Gasteiger partial charge in [-0.2, -0.15) is 0 Å². The maximum Gasteiger partial charge on any atom is 0.199 e. The van der Waals surface area contributed by atoms with Crippen LogP contribution >= 0.6 is 11.6 Å². The minimum Gasteiger partial charge on any atom is -0.370 e. The van der Waals surface area contributed by atoms with Gasteiger partial charge in [-0.05, 0) is 18.1 Å². The SMILES string of the molecule is CC1C=CC(NC(=N)NC(=N)N)=CC1Cl. The Hall–Kier alpha value is -1.49. The first-order valence-electron chi connectivity index (χ1n) is 4.49. The first-order valence-corrected chi connectivity index (χ1v) is 4.93. The molecule has 2 unspecified atom stereocenters. The van der Waals surface area contributed by atoms with Gasteiger partial charge in [-0.1, -0.05) is 13.0 Å². The molecule has 6 heteroatoms. The Balaban J connectivity index is 2.53. The lowest BCUT2D eigenvalue weighted by Crippen LogP contribution is -2.43. The molecule has 0 bridgehead atoms. The maximum absolute atomic E-state index is 7.41. The second-order valence-electron chi connectivity index (χ2n) is 3.32. The average Bonchev–Trinajstić information content (AvgIpc) is 2.10. The molecule has 0 aromatic carbocycles. The highest BCUT2D eigenvalue weighted by atomic mass is 35.5. The quantitative estimate of drug-likeness (QED) is 0.259. The molecule has 0 aliphatic heterocycles. The van der Waals surface area contributed by atoms with Crippen LogP contribution in [-0.2, 0) is 0 Å². The Morgan fingerprint density at radius 3 is 2.73 bits per heavy atom. The molecule has 0 saturated carbocycles. The number of halogens is 1. The fourth-order valence-electron chi connectivity index (χ4n) is 1.13. The molecule has 0 fully saturated rings. The molecule has 1 rings (SSSR count). The number of nitrogens with one attached hydrogen (secondary N) is 4. The van der Waals surface area contributed by atoms with Crippen molar-refractivity contribution in [2.24, 2.45) is 11.7 Å². The normalized spacial score (nSPS) is 24.3. The van der Waals surface area contributed by atoms with Gasteiger partial charge < -0.3 is 11.1 Å². The second-order valence-corrected chi connectivity index (χ2v) is 3.83. The number of hydrogen-bond donors (Lipinski definition) is 5. The maximum atomic E-state index is 7.41. The topological polar surface area (TPSA) is 97.8 Å². The van der Waals surface area contributed by atoms with Crippen molar-refractivity contribution in [3.05, 3.63) is 23.9 Å². The van der Waals surface area contributed by atoms with E-state index >= 15 is 0 Å². The molecule has 5 nitrogen and oxygen atoms in total. The third-order valence-electron chi connectivity index (χ3n) is 1.95. The van der Waals surface area contributed by atoms with Crippen molar-refractivity contribution in [1.29, 1.82) is 10.8 Å². The van der Waals surface area contributed by atoms with Gasteiger partial charge in [-0.3, -0.25) is 16.1 Å². The van der Waals surface area contributed by atoms with E-state index < -0.39 is 0 Å². The first-order chi connectivity index (χ1) is 6.99. The molecular weight excluding hydrogens is 214 g/mol. The number of rotatable bonds is 1. The summed E-state index contributed by atoms with van der Waals surface area (Å²) >= 11 is 6.03. The molecule has 6 N–H and O–H groups in total. The standard InChI is InChI=1S/C9H14ClN5/c1-5-2-3-6(4-7(5)10)14-9(13)15-8(11)12/h2-5,7H,1H3,(H6,11,12,13,14,15). The van der Waals surface area contributed by atoms with Gasteiger partial charge >= 0.3 is 0 Å². The van der Waals surface area contributed by atoms with Crippen LogP contribution in [0.25, 0.3) is 0 Å². The highest BCUT2D eigenvalue weighted by Gasteiger charge is 2.14. The fraction of sp³-hybridized carbons (Fsp3) is 0.333. The molecule has 0 amide bonds. The molecular formula is C9H14ClN5. The zero-order valence-corrected chi connectivity index (χ0v) is 9.10. The van der Waals surface area contributed by atoms with E-state index in [9.17, 15) is 0 Å². The Kier molecular flexibility index (Phi) is 3.74. The zero-order valence-electron chi connectivity index (χ0n) is 8.34. The molecule has 0 aromatic rings. The van der Waals surface area contributed by atoms with Crippen molar-refractivity contribution < 1.29 is 0 Å². The van der Waals surface area contributed by atoms with Crippen molar-refractivity contribution in [1.82, 2.24) is 10.6 Å². The van der Waals surface area contributed by atoms with Gasteiger partial charge in [0.1, 0.15) is 0 Å². The largest absolute Gasteiger partial charge is 0.370 e. The molecule has 1 aliphatic rings. The van der Waals surface area contributed by atoms with Crippen LogP contribution in [0.3, 0.4) is 0 Å². The molecule has 2 atom stereocenters. The summed E-state index contributed by atoms with van der Waals surface area (Å²) in [5.41, 5.74) is 5.80. The van der Waals surface area contributed by atoms with Gasteiger partial charge in [0.05, 0.1) is 5.38 Å². The van der Waals surface area contributed by atoms with Gasteiger partial charge in [-0.25, -0.2) is 0 Å². The van der Waals surface area contributed by atoms with Crippen LogP contribution in [0.15, 0.2) is 23.9 Å². The van der Waals surface area contributed by atoms with Crippen LogP contribution in [0.4, 0.5) is 0 Å². The predicted octanol–water partition coefficient (Wildman–Crippen LogP) is 0.691. The minimum absolute atomic E-state index is 0.0446. The highest BCUT2D eigenvalue weighted by molar-refractivity contribution is 6.22. The van der Waals surface area contributed by atoms with Crippen molar-refractivity contribution >= 4 is 23.5 Å². The van der Waals surface area contributed by atoms with Crippen LogP contribution in [0.1, 0.15) is 6.92 Å². The molecule has 0 aromatic heterocycles. The Labute approximate surface area is 93.4 Å². The molecule has 1 aliphatic carbocycles. The molecule has 0 radical (unpaired) electrons. The van der Waals surface area contributed by atoms with E-state index in [-0.39, 0.29) is 23.2 Å². The van der Waals surface area contributed by atoms with Crippen molar-refractivity contribution in [2.45, 2.75) is 12.3 Å². The molecule has 82 valence electrons. The fourth-order valence-corrected chi connectivity index (χ4v) is 1.35. The van der Waals surface area contributed by atoms with Crippen LogP contribution in [0.5, 0.6) is 0 Å². The lowest BCUT2D eigenvalue weighted by molar-refractivity contribution is 0.733. The summed E-state index contributed by atoms with van der Waals surface area (Å²) in [5.74, 6) is -0.0346. The van der Waals surface area contributed by atoms with Crippen LogP contribution in [-0.4, -0.2) is 17.3 Å². The lowest BCUT2D eigenvalue weighted by Gasteiger charge is -2.18. The van der Waals surface area contributed by atoms with Gasteiger partial charge in [0, 0.05) is 5.70 Å². The third kappa shape index (κ3) is 3.63. The Morgan fingerprint density at radius 1 is 1.53 bits per heavy atom. The summed E-state index contributed by atoms with van der Waals surface area (Å²) in [7, 11) is 0. The predicted molar refractivity (Wildman–Crippen MR) is 61.9 cm³/mol. The van der Waals surface area contributed by atoms with Crippen LogP contribution in [0, 0.1) is 16.7 Å². The molecule has 0 heterocycles. The minimum atomic E-state index is -0.274. The van der Waals surface area contributed by atoms with Gasteiger partial charge in [0.15, 0.2) is 11.9 Å². The highest BCUT2D eigenvalue weighted by Crippen LogP contribution is 2.19. The monoisotopic (exact) mass is 227 g/mol. The molecule has 15 heavy (non-hydrogen) atoms. The third-order valence-corrected chi connectivity index (χ3v) is 2.47. The summed E-state index contributed by atoms with van der Waals surface area (Å²) in [4.78, 5) is 0. The van der Waals surface area contributed by atoms with Gasteiger partial charge in [0.2, 0.25) is 0 Å². The van der Waals surface area contributed by atoms with Crippen LogP contribution < -0.4 is 16.4 Å². The second kappa shape index (κ2) is 4.84. The van der Waals surface area contributed by atoms with E-state index in [0.29, 0.717) is 0 Å². The summed E-state index contributed by atoms with van der Waals surface area (Å²) in [6.07, 6.45) is 5.63. The summed E-state index contributed by atoms with van der Waals surface area (Å²) in [6.45, 7) is 2.01. The first kappa shape index (κ1) is 11.6. The van der Waals surface area contributed by atoms with E-state index in [1.807, 2.05) is 25.2 Å².